The van der Waals surface area contributed by atoms with E-state index in [0.29, 0.717) is 31.0 Å². The maximum Gasteiger partial charge on any atom is 0.317 e. The quantitative estimate of drug-likeness (QED) is 0.314. The van der Waals surface area contributed by atoms with Crippen LogP contribution in [0, 0.1) is 23.2 Å². The lowest BCUT2D eigenvalue weighted by molar-refractivity contribution is 0.0899. The lowest BCUT2D eigenvalue weighted by Crippen LogP contribution is -2.41. The molecular weight excluding hydrogens is 508 g/mol. The van der Waals surface area contributed by atoms with E-state index in [1.165, 1.54) is 0 Å². The molecule has 11 heteroatoms. The molecule has 2 atom stereocenters. The number of nitrogens with zero attached hydrogens (tertiary/aromatic N) is 7. The average Bonchev–Trinajstić information content (AvgIpc) is 3.25. The van der Waals surface area contributed by atoms with Crippen molar-refractivity contribution in [1.29, 1.82) is 5.26 Å². The molecule has 2 saturated carbocycles. The highest BCUT2D eigenvalue weighted by molar-refractivity contribution is 6.76. The van der Waals surface area contributed by atoms with Gasteiger partial charge in [0.25, 0.3) is 0 Å². The molecule has 0 bridgehead atoms. The first-order chi connectivity index (χ1) is 18.7. The predicted molar refractivity (Wildman–Crippen MR) is 150 cm³/mol. The fourth-order valence-electron chi connectivity index (χ4n) is 6.26. The van der Waals surface area contributed by atoms with Crippen molar-refractivity contribution in [3.63, 3.8) is 0 Å². The van der Waals surface area contributed by atoms with Crippen molar-refractivity contribution in [2.24, 2.45) is 11.8 Å². The van der Waals surface area contributed by atoms with Gasteiger partial charge in [0.15, 0.2) is 0 Å². The second-order valence-electron chi connectivity index (χ2n) is 12.9. The highest BCUT2D eigenvalue weighted by Crippen LogP contribution is 2.49. The van der Waals surface area contributed by atoms with Gasteiger partial charge < -0.3 is 19.5 Å². The maximum atomic E-state index is 12.6. The molecule has 2 aliphatic carbocycles. The SMILES string of the molecule is C[Si](C)(C)CCOCn1ccc2c(-c3cnn(C4(CC#N)CC5CN(C(=O)NC6CC6)CC5C4)c3)ncnc21. The van der Waals surface area contributed by atoms with Crippen LogP contribution in [-0.2, 0) is 17.0 Å². The summed E-state index contributed by atoms with van der Waals surface area (Å²) in [5, 5.41) is 18.6. The zero-order chi connectivity index (χ0) is 27.2. The van der Waals surface area contributed by atoms with Crippen LogP contribution < -0.4 is 5.32 Å². The number of rotatable bonds is 9. The van der Waals surface area contributed by atoms with E-state index >= 15 is 0 Å². The Balaban J connectivity index is 1.18. The van der Waals surface area contributed by atoms with E-state index in [4.69, 9.17) is 9.84 Å². The summed E-state index contributed by atoms with van der Waals surface area (Å²) in [5.41, 5.74) is 2.23. The molecule has 1 saturated heterocycles. The van der Waals surface area contributed by atoms with E-state index in [9.17, 15) is 10.1 Å². The highest BCUT2D eigenvalue weighted by Gasteiger charge is 2.51. The summed E-state index contributed by atoms with van der Waals surface area (Å²) in [6, 6.07) is 6.03. The van der Waals surface area contributed by atoms with Crippen LogP contribution in [0.1, 0.15) is 32.1 Å². The number of likely N-dealkylation sites (tertiary alicyclic amines) is 1. The molecule has 3 aromatic heterocycles. The minimum absolute atomic E-state index is 0.0697. The van der Waals surface area contributed by atoms with Gasteiger partial charge in [0.1, 0.15) is 18.7 Å². The Morgan fingerprint density at radius 2 is 2.00 bits per heavy atom. The fourth-order valence-corrected chi connectivity index (χ4v) is 7.02. The molecule has 6 rings (SSSR count). The van der Waals surface area contributed by atoms with Gasteiger partial charge in [-0.25, -0.2) is 14.8 Å². The standard InChI is InChI=1S/C28H38N8O2Si/c1-39(2,3)11-10-38-19-34-9-6-24-25(30-18-31-26(24)34)22-14-32-36(17-22)28(7-8-29)12-20-15-35(16-21(20)13-28)27(37)33-23-4-5-23/h6,9,14,17-18,20-21,23H,4-5,7,10-13,15-16,19H2,1-3H3,(H,33,37). The number of hydrogen-bond donors (Lipinski definition) is 1. The molecule has 10 nitrogen and oxygen atoms in total. The molecule has 2 unspecified atom stereocenters. The van der Waals surface area contributed by atoms with Crippen molar-refractivity contribution in [3.8, 4) is 17.3 Å². The molecule has 0 spiro atoms. The third-order valence-electron chi connectivity index (χ3n) is 8.59. The van der Waals surface area contributed by atoms with Gasteiger partial charge in [0.2, 0.25) is 0 Å². The number of ether oxygens (including phenoxy) is 1. The van der Waals surface area contributed by atoms with Gasteiger partial charge in [-0.05, 0) is 49.6 Å². The average molecular weight is 547 g/mol. The summed E-state index contributed by atoms with van der Waals surface area (Å²) in [6.07, 6.45) is 11.8. The summed E-state index contributed by atoms with van der Waals surface area (Å²) in [5.74, 6) is 0.772. The van der Waals surface area contributed by atoms with Gasteiger partial charge in [-0.3, -0.25) is 4.68 Å². The molecule has 1 N–H and O–H groups in total. The fraction of sp³-hybridized carbons (Fsp3) is 0.607. The number of nitriles is 1. The van der Waals surface area contributed by atoms with E-state index in [0.717, 1.165) is 73.7 Å². The van der Waals surface area contributed by atoms with Crippen molar-refractivity contribution in [3.05, 3.63) is 31.0 Å². The summed E-state index contributed by atoms with van der Waals surface area (Å²) >= 11 is 0. The molecule has 3 aromatic rings. The molecule has 3 aliphatic rings. The third kappa shape index (κ3) is 5.32. The minimum Gasteiger partial charge on any atom is -0.361 e. The maximum absolute atomic E-state index is 12.6. The van der Waals surface area contributed by atoms with Crippen molar-refractivity contribution in [2.45, 2.75) is 76.1 Å². The lowest BCUT2D eigenvalue weighted by Gasteiger charge is -2.29. The topological polar surface area (TPSA) is 114 Å². The van der Waals surface area contributed by atoms with E-state index in [2.05, 4.69) is 41.0 Å². The lowest BCUT2D eigenvalue weighted by atomic mass is 9.92. The molecule has 1 aliphatic heterocycles. The number of aromatic nitrogens is 5. The second-order valence-corrected chi connectivity index (χ2v) is 18.5. The Labute approximate surface area is 230 Å². The number of nitrogens with one attached hydrogen (secondary N) is 1. The summed E-state index contributed by atoms with van der Waals surface area (Å²) in [7, 11) is -1.14. The van der Waals surface area contributed by atoms with Crippen LogP contribution in [0.2, 0.25) is 25.7 Å². The normalized spacial score (nSPS) is 24.7. The van der Waals surface area contributed by atoms with E-state index in [1.807, 2.05) is 38.8 Å². The van der Waals surface area contributed by atoms with Gasteiger partial charge in [0, 0.05) is 57.2 Å². The van der Waals surface area contributed by atoms with Crippen LogP contribution >= 0.6 is 0 Å². The number of urea groups is 1. The van der Waals surface area contributed by atoms with Gasteiger partial charge in [-0.1, -0.05) is 19.6 Å². The van der Waals surface area contributed by atoms with Crippen molar-refractivity contribution >= 4 is 25.1 Å². The van der Waals surface area contributed by atoms with Crippen molar-refractivity contribution in [1.82, 2.24) is 34.5 Å². The Morgan fingerprint density at radius 1 is 1.23 bits per heavy atom. The Hall–Kier alpha value is -3.23. The second kappa shape index (κ2) is 10.1. The van der Waals surface area contributed by atoms with E-state index in [-0.39, 0.29) is 11.6 Å². The molecule has 3 fully saturated rings. The predicted octanol–water partition coefficient (Wildman–Crippen LogP) is 4.43. The first kappa shape index (κ1) is 26.0. The van der Waals surface area contributed by atoms with Gasteiger partial charge in [-0.15, -0.1) is 0 Å². The van der Waals surface area contributed by atoms with Crippen LogP contribution in [0.25, 0.3) is 22.3 Å². The summed E-state index contributed by atoms with van der Waals surface area (Å²) in [4.78, 5) is 23.7. The van der Waals surface area contributed by atoms with Crippen LogP contribution in [0.5, 0.6) is 0 Å². The minimum atomic E-state index is -1.14. The number of fused-ring (bicyclic) bond motifs is 2. The molecule has 39 heavy (non-hydrogen) atoms. The number of carbonyl (C=O) groups is 1. The van der Waals surface area contributed by atoms with Gasteiger partial charge in [0.05, 0.1) is 29.9 Å². The molecule has 0 aromatic carbocycles. The van der Waals surface area contributed by atoms with Gasteiger partial charge in [-0.2, -0.15) is 10.4 Å². The van der Waals surface area contributed by atoms with Crippen LogP contribution in [-0.4, -0.2) is 69.1 Å². The first-order valence-corrected chi connectivity index (χ1v) is 17.8. The van der Waals surface area contributed by atoms with Crippen molar-refractivity contribution in [2.75, 3.05) is 19.7 Å². The first-order valence-electron chi connectivity index (χ1n) is 14.1. The summed E-state index contributed by atoms with van der Waals surface area (Å²) in [6.45, 7) is 9.78. The zero-order valence-electron chi connectivity index (χ0n) is 23.1. The number of carbonyl (C=O) groups excluding carboxylic acids is 1. The van der Waals surface area contributed by atoms with Crippen LogP contribution in [0.15, 0.2) is 31.0 Å². The Kier molecular flexibility index (Phi) is 6.71. The number of amides is 2. The third-order valence-corrected chi connectivity index (χ3v) is 10.3. The smallest absolute Gasteiger partial charge is 0.317 e. The Morgan fingerprint density at radius 3 is 2.69 bits per heavy atom. The molecule has 2 amide bonds. The number of hydrogen-bond acceptors (Lipinski definition) is 6. The molecule has 0 radical (unpaired) electrons. The van der Waals surface area contributed by atoms with E-state index < -0.39 is 8.07 Å². The monoisotopic (exact) mass is 546 g/mol. The van der Waals surface area contributed by atoms with Crippen molar-refractivity contribution < 1.29 is 9.53 Å². The van der Waals surface area contributed by atoms with Crippen LogP contribution in [0.4, 0.5) is 4.79 Å². The zero-order valence-corrected chi connectivity index (χ0v) is 24.1. The highest BCUT2D eigenvalue weighted by atomic mass is 28.3. The van der Waals surface area contributed by atoms with Crippen LogP contribution in [0.3, 0.4) is 0 Å². The largest absolute Gasteiger partial charge is 0.361 e. The van der Waals surface area contributed by atoms with E-state index in [1.54, 1.807) is 6.33 Å². The Bertz CT molecular complexity index is 1380. The molecular formula is C28H38N8O2Si. The van der Waals surface area contributed by atoms with Gasteiger partial charge >= 0.3 is 6.03 Å². The summed E-state index contributed by atoms with van der Waals surface area (Å²) < 4.78 is 9.99. The molecule has 206 valence electrons. The molecule has 4 heterocycles.